The van der Waals surface area contributed by atoms with Crippen molar-refractivity contribution in [2.24, 2.45) is 16.6 Å². The van der Waals surface area contributed by atoms with E-state index >= 15 is 0 Å². The Kier molecular flexibility index (Phi) is 8.26. The van der Waals surface area contributed by atoms with E-state index in [2.05, 4.69) is 38.8 Å². The van der Waals surface area contributed by atoms with Crippen molar-refractivity contribution in [2.45, 2.75) is 52.0 Å². The fourth-order valence-corrected chi connectivity index (χ4v) is 3.67. The molecule has 0 bridgehead atoms. The second kappa shape index (κ2) is 10.2. The van der Waals surface area contributed by atoms with Crippen LogP contribution in [0.3, 0.4) is 0 Å². The van der Waals surface area contributed by atoms with Crippen LogP contribution < -0.4 is 10.6 Å². The lowest BCUT2D eigenvalue weighted by molar-refractivity contribution is 0.270. The maximum Gasteiger partial charge on any atom is 0.191 e. The van der Waals surface area contributed by atoms with Crippen LogP contribution in [0.4, 0.5) is 5.82 Å². The summed E-state index contributed by atoms with van der Waals surface area (Å²) in [6, 6.07) is 4.28. The summed E-state index contributed by atoms with van der Waals surface area (Å²) in [4.78, 5) is 13.8. The van der Waals surface area contributed by atoms with Gasteiger partial charge in [-0.05, 0) is 43.2 Å². The third-order valence-electron chi connectivity index (χ3n) is 5.14. The summed E-state index contributed by atoms with van der Waals surface area (Å²) in [5, 5.41) is 0. The zero-order chi connectivity index (χ0) is 16.8. The molecule has 0 spiro atoms. The number of anilines is 1. The number of halogens is 1. The second-order valence-electron chi connectivity index (χ2n) is 7.29. The Balaban J connectivity index is 0.00000225. The van der Waals surface area contributed by atoms with Crippen molar-refractivity contribution < 1.29 is 0 Å². The smallest absolute Gasteiger partial charge is 0.191 e. The monoisotopic (exact) mass is 457 g/mol. The van der Waals surface area contributed by atoms with Crippen molar-refractivity contribution >= 4 is 35.8 Å². The number of aliphatic imine (C=N–C) groups is 1. The van der Waals surface area contributed by atoms with E-state index in [1.54, 1.807) is 0 Å². The van der Waals surface area contributed by atoms with E-state index in [-0.39, 0.29) is 24.0 Å². The zero-order valence-corrected chi connectivity index (χ0v) is 17.7. The highest BCUT2D eigenvalue weighted by Gasteiger charge is 2.17. The lowest BCUT2D eigenvalue weighted by Gasteiger charge is -2.31. The van der Waals surface area contributed by atoms with Crippen LogP contribution in [-0.4, -0.2) is 42.0 Å². The highest BCUT2D eigenvalue weighted by Crippen LogP contribution is 2.18. The topological polar surface area (TPSA) is 57.8 Å². The Morgan fingerprint density at radius 2 is 1.92 bits per heavy atom. The molecular weight excluding hydrogens is 425 g/mol. The van der Waals surface area contributed by atoms with Crippen LogP contribution in [0.25, 0.3) is 0 Å². The van der Waals surface area contributed by atoms with Gasteiger partial charge in [-0.3, -0.25) is 0 Å². The van der Waals surface area contributed by atoms with E-state index in [0.29, 0.717) is 18.4 Å². The third kappa shape index (κ3) is 6.01. The first-order valence-corrected chi connectivity index (χ1v) is 9.47. The quantitative estimate of drug-likeness (QED) is 0.428. The van der Waals surface area contributed by atoms with Crippen LogP contribution in [-0.2, 0) is 6.54 Å². The fourth-order valence-electron chi connectivity index (χ4n) is 3.67. The molecular formula is C19H32IN5. The number of nitrogens with two attached hydrogens (primary N) is 1. The highest BCUT2D eigenvalue weighted by atomic mass is 127. The molecule has 5 nitrogen and oxygen atoms in total. The minimum Gasteiger partial charge on any atom is -0.370 e. The molecule has 2 aliphatic rings. The number of nitrogens with zero attached hydrogens (tertiary/aromatic N) is 4. The maximum atomic E-state index is 6.17. The molecule has 1 atom stereocenters. The molecule has 2 fully saturated rings. The first-order valence-electron chi connectivity index (χ1n) is 9.47. The number of aromatic nitrogens is 1. The van der Waals surface area contributed by atoms with E-state index in [4.69, 9.17) is 5.73 Å². The summed E-state index contributed by atoms with van der Waals surface area (Å²) in [6.45, 7) is 7.22. The molecule has 25 heavy (non-hydrogen) atoms. The molecule has 3 rings (SSSR count). The zero-order valence-electron chi connectivity index (χ0n) is 15.4. The Labute approximate surface area is 169 Å². The molecule has 0 saturated carbocycles. The first kappa shape index (κ1) is 20.3. The van der Waals surface area contributed by atoms with Crippen molar-refractivity contribution in [3.8, 4) is 0 Å². The van der Waals surface area contributed by atoms with Crippen molar-refractivity contribution in [3.05, 3.63) is 23.9 Å². The number of piperidine rings is 1. The van der Waals surface area contributed by atoms with E-state index < -0.39 is 0 Å². The molecule has 1 unspecified atom stereocenters. The molecule has 2 aliphatic heterocycles. The number of pyridine rings is 1. The molecule has 3 heterocycles. The van der Waals surface area contributed by atoms with Crippen LogP contribution in [0.1, 0.15) is 51.0 Å². The third-order valence-corrected chi connectivity index (χ3v) is 5.14. The molecule has 1 aromatic rings. The molecule has 2 N–H and O–H groups in total. The van der Waals surface area contributed by atoms with E-state index in [0.717, 1.165) is 37.6 Å². The molecule has 0 aliphatic carbocycles. The highest BCUT2D eigenvalue weighted by molar-refractivity contribution is 14.0. The fraction of sp³-hybridized carbons (Fsp3) is 0.684. The van der Waals surface area contributed by atoms with Crippen molar-refractivity contribution in [1.82, 2.24) is 9.88 Å². The minimum atomic E-state index is 0. The van der Waals surface area contributed by atoms with Crippen LogP contribution in [0, 0.1) is 5.92 Å². The molecule has 0 aromatic carbocycles. The van der Waals surface area contributed by atoms with Crippen molar-refractivity contribution in [1.29, 1.82) is 0 Å². The summed E-state index contributed by atoms with van der Waals surface area (Å²) in [5.41, 5.74) is 7.30. The van der Waals surface area contributed by atoms with Gasteiger partial charge in [0.15, 0.2) is 5.96 Å². The molecule has 0 radical (unpaired) electrons. The van der Waals surface area contributed by atoms with Gasteiger partial charge in [0.05, 0.1) is 6.54 Å². The average molecular weight is 457 g/mol. The van der Waals surface area contributed by atoms with Crippen LogP contribution in [0.15, 0.2) is 23.3 Å². The van der Waals surface area contributed by atoms with Gasteiger partial charge in [-0.15, -0.1) is 24.0 Å². The molecule has 0 amide bonds. The van der Waals surface area contributed by atoms with Gasteiger partial charge < -0.3 is 15.5 Å². The number of hydrogen-bond donors (Lipinski definition) is 1. The van der Waals surface area contributed by atoms with Gasteiger partial charge in [-0.1, -0.05) is 25.8 Å². The Hall–Kier alpha value is -1.05. The summed E-state index contributed by atoms with van der Waals surface area (Å²) < 4.78 is 0. The molecule has 1 aromatic heterocycles. The number of guanidine groups is 1. The Morgan fingerprint density at radius 1 is 1.16 bits per heavy atom. The summed E-state index contributed by atoms with van der Waals surface area (Å²) >= 11 is 0. The minimum absolute atomic E-state index is 0. The van der Waals surface area contributed by atoms with Crippen molar-refractivity contribution in [2.75, 3.05) is 31.1 Å². The van der Waals surface area contributed by atoms with Gasteiger partial charge in [0.2, 0.25) is 0 Å². The largest absolute Gasteiger partial charge is 0.370 e. The standard InChI is InChI=1S/C19H31N5.HI/c1-16-7-6-12-24(15-16)19(20)22-14-17-8-9-18(21-13-17)23-10-4-2-3-5-11-23;/h8-9,13,16H,2-7,10-12,14-15H2,1H3,(H2,20,22);1H. The number of rotatable bonds is 3. The van der Waals surface area contributed by atoms with Gasteiger partial charge in [0.25, 0.3) is 0 Å². The Bertz CT molecular complexity index is 537. The maximum absolute atomic E-state index is 6.17. The van der Waals surface area contributed by atoms with Crippen LogP contribution in [0.5, 0.6) is 0 Å². The van der Waals surface area contributed by atoms with Gasteiger partial charge in [-0.2, -0.15) is 0 Å². The molecule has 140 valence electrons. The lowest BCUT2D eigenvalue weighted by Crippen LogP contribution is -2.43. The number of likely N-dealkylation sites (tertiary alicyclic amines) is 1. The van der Waals surface area contributed by atoms with Gasteiger partial charge >= 0.3 is 0 Å². The van der Waals surface area contributed by atoms with E-state index in [1.807, 2.05) is 6.20 Å². The van der Waals surface area contributed by atoms with Crippen molar-refractivity contribution in [3.63, 3.8) is 0 Å². The van der Waals surface area contributed by atoms with Gasteiger partial charge in [-0.25, -0.2) is 9.98 Å². The Morgan fingerprint density at radius 3 is 2.56 bits per heavy atom. The molecule has 6 heteroatoms. The first-order chi connectivity index (χ1) is 11.7. The predicted octanol–water partition coefficient (Wildman–Crippen LogP) is 3.63. The average Bonchev–Trinajstić information content (AvgIpc) is 2.89. The van der Waals surface area contributed by atoms with Crippen LogP contribution in [0.2, 0.25) is 0 Å². The normalized spacial score (nSPS) is 22.3. The lowest BCUT2D eigenvalue weighted by atomic mass is 10.0. The van der Waals surface area contributed by atoms with Gasteiger partial charge in [0.1, 0.15) is 5.82 Å². The summed E-state index contributed by atoms with van der Waals surface area (Å²) in [6.07, 6.45) is 9.71. The van der Waals surface area contributed by atoms with Crippen LogP contribution >= 0.6 is 24.0 Å². The number of hydrogen-bond acceptors (Lipinski definition) is 3. The van der Waals surface area contributed by atoms with E-state index in [9.17, 15) is 0 Å². The summed E-state index contributed by atoms with van der Waals surface area (Å²) in [7, 11) is 0. The van der Waals surface area contributed by atoms with E-state index in [1.165, 1.54) is 38.5 Å². The predicted molar refractivity (Wildman–Crippen MR) is 116 cm³/mol. The molecule has 2 saturated heterocycles. The second-order valence-corrected chi connectivity index (χ2v) is 7.29. The SMILES string of the molecule is CC1CCCN(C(N)=NCc2ccc(N3CCCCCC3)nc2)C1.I. The van der Waals surface area contributed by atoms with Gasteiger partial charge in [0, 0.05) is 32.4 Å². The summed E-state index contributed by atoms with van der Waals surface area (Å²) in [5.74, 6) is 2.49.